The lowest BCUT2D eigenvalue weighted by atomic mass is 9.83. The van der Waals surface area contributed by atoms with Gasteiger partial charge in [0.1, 0.15) is 5.78 Å². The van der Waals surface area contributed by atoms with Gasteiger partial charge in [-0.3, -0.25) is 4.79 Å². The number of carbonyl (C=O) groups excluding carboxylic acids is 1. The summed E-state index contributed by atoms with van der Waals surface area (Å²) in [4.78, 5) is 13.8. The van der Waals surface area contributed by atoms with Gasteiger partial charge < -0.3 is 4.90 Å². The van der Waals surface area contributed by atoms with Crippen LogP contribution in [0.4, 0.5) is 0 Å². The molecule has 0 amide bonds. The first-order valence-corrected chi connectivity index (χ1v) is 7.96. The molecule has 0 bridgehead atoms. The molecule has 1 aliphatic rings. The SMILES string of the molecule is CC(=O)CN1C=CC=CC1C(c1ccccc1)c1ccccc1. The number of Topliss-reactive ketones (excluding diaryl/α,β-unsaturated/α-hetero) is 1. The summed E-state index contributed by atoms with van der Waals surface area (Å²) < 4.78 is 0. The van der Waals surface area contributed by atoms with Gasteiger partial charge in [-0.1, -0.05) is 72.8 Å². The highest BCUT2D eigenvalue weighted by Crippen LogP contribution is 2.33. The second-order valence-electron chi connectivity index (χ2n) is 5.89. The minimum atomic E-state index is 0.133. The van der Waals surface area contributed by atoms with Crippen LogP contribution in [-0.2, 0) is 4.79 Å². The monoisotopic (exact) mass is 303 g/mol. The second kappa shape index (κ2) is 7.10. The van der Waals surface area contributed by atoms with Crippen molar-refractivity contribution >= 4 is 5.78 Å². The number of allylic oxidation sites excluding steroid dienone is 2. The van der Waals surface area contributed by atoms with Crippen molar-refractivity contribution < 1.29 is 4.79 Å². The summed E-state index contributed by atoms with van der Waals surface area (Å²) in [6.45, 7) is 2.07. The molecular weight excluding hydrogens is 282 g/mol. The predicted octanol–water partition coefficient (Wildman–Crippen LogP) is 4.16. The summed E-state index contributed by atoms with van der Waals surface area (Å²) in [6.07, 6.45) is 8.27. The molecule has 0 aromatic heterocycles. The van der Waals surface area contributed by atoms with Crippen LogP contribution in [0.3, 0.4) is 0 Å². The minimum absolute atomic E-state index is 0.133. The van der Waals surface area contributed by atoms with Crippen molar-refractivity contribution in [2.75, 3.05) is 6.54 Å². The first kappa shape index (κ1) is 15.3. The fourth-order valence-electron chi connectivity index (χ4n) is 3.17. The van der Waals surface area contributed by atoms with E-state index in [1.807, 2.05) is 24.4 Å². The number of nitrogens with zero attached hydrogens (tertiary/aromatic N) is 1. The van der Waals surface area contributed by atoms with Gasteiger partial charge in [0.15, 0.2) is 0 Å². The Hall–Kier alpha value is -2.61. The Morgan fingerprint density at radius 1 is 0.957 bits per heavy atom. The van der Waals surface area contributed by atoms with E-state index >= 15 is 0 Å². The molecule has 0 N–H and O–H groups in total. The lowest BCUT2D eigenvalue weighted by Crippen LogP contribution is -2.39. The highest BCUT2D eigenvalue weighted by atomic mass is 16.1. The van der Waals surface area contributed by atoms with Crippen LogP contribution in [0.1, 0.15) is 24.0 Å². The first-order chi connectivity index (χ1) is 11.3. The van der Waals surface area contributed by atoms with Gasteiger partial charge in [0, 0.05) is 12.1 Å². The smallest absolute Gasteiger partial charge is 0.149 e. The molecule has 0 radical (unpaired) electrons. The summed E-state index contributed by atoms with van der Waals surface area (Å²) in [5.74, 6) is 0.368. The molecule has 0 saturated carbocycles. The van der Waals surface area contributed by atoms with E-state index < -0.39 is 0 Å². The number of rotatable bonds is 5. The predicted molar refractivity (Wildman–Crippen MR) is 94.2 cm³/mol. The largest absolute Gasteiger partial charge is 0.363 e. The van der Waals surface area contributed by atoms with E-state index in [-0.39, 0.29) is 17.7 Å². The molecular formula is C21H21NO. The Morgan fingerprint density at radius 3 is 2.04 bits per heavy atom. The average Bonchev–Trinajstić information content (AvgIpc) is 2.58. The number of hydrogen-bond acceptors (Lipinski definition) is 2. The molecule has 0 fully saturated rings. The van der Waals surface area contributed by atoms with Crippen LogP contribution in [0.15, 0.2) is 85.1 Å². The molecule has 1 heterocycles. The molecule has 0 aliphatic carbocycles. The van der Waals surface area contributed by atoms with E-state index in [2.05, 4.69) is 65.6 Å². The fraction of sp³-hybridized carbons (Fsp3) is 0.190. The Morgan fingerprint density at radius 2 is 1.52 bits per heavy atom. The molecule has 0 spiro atoms. The summed E-state index contributed by atoms with van der Waals surface area (Å²) in [5, 5.41) is 0. The average molecular weight is 303 g/mol. The zero-order valence-electron chi connectivity index (χ0n) is 13.3. The number of ketones is 1. The third-order valence-electron chi connectivity index (χ3n) is 4.14. The van der Waals surface area contributed by atoms with Gasteiger partial charge in [-0.15, -0.1) is 0 Å². The molecule has 2 nitrogen and oxygen atoms in total. The number of hydrogen-bond donors (Lipinski definition) is 0. The van der Waals surface area contributed by atoms with Crippen molar-refractivity contribution in [3.8, 4) is 0 Å². The van der Waals surface area contributed by atoms with Crippen LogP contribution in [0.2, 0.25) is 0 Å². The van der Waals surface area contributed by atoms with Gasteiger partial charge in [0.2, 0.25) is 0 Å². The molecule has 2 aromatic rings. The molecule has 2 heteroatoms. The molecule has 23 heavy (non-hydrogen) atoms. The van der Waals surface area contributed by atoms with Gasteiger partial charge in [-0.2, -0.15) is 0 Å². The lowest BCUT2D eigenvalue weighted by Gasteiger charge is -2.36. The van der Waals surface area contributed by atoms with Crippen LogP contribution in [0.25, 0.3) is 0 Å². The van der Waals surface area contributed by atoms with Crippen LogP contribution < -0.4 is 0 Å². The van der Waals surface area contributed by atoms with E-state index in [4.69, 9.17) is 0 Å². The highest BCUT2D eigenvalue weighted by molar-refractivity contribution is 5.77. The Balaban J connectivity index is 2.02. The Kier molecular flexibility index (Phi) is 4.72. The molecule has 1 atom stereocenters. The maximum atomic E-state index is 11.7. The highest BCUT2D eigenvalue weighted by Gasteiger charge is 2.28. The van der Waals surface area contributed by atoms with E-state index in [0.717, 1.165) is 0 Å². The fourth-order valence-corrected chi connectivity index (χ4v) is 3.17. The van der Waals surface area contributed by atoms with Crippen LogP contribution in [0, 0.1) is 0 Å². The van der Waals surface area contributed by atoms with E-state index in [1.54, 1.807) is 6.92 Å². The minimum Gasteiger partial charge on any atom is -0.363 e. The standard InChI is InChI=1S/C21H21NO/c1-17(23)16-22-15-9-8-14-20(22)21(18-10-4-2-5-11-18)19-12-6-3-7-13-19/h2-15,20-21H,16H2,1H3. The Bertz CT molecular complexity index is 664. The van der Waals surface area contributed by atoms with Gasteiger partial charge in [0.25, 0.3) is 0 Å². The van der Waals surface area contributed by atoms with Gasteiger partial charge >= 0.3 is 0 Å². The van der Waals surface area contributed by atoms with Crippen molar-refractivity contribution in [1.29, 1.82) is 0 Å². The van der Waals surface area contributed by atoms with Crippen molar-refractivity contribution in [3.05, 3.63) is 96.2 Å². The topological polar surface area (TPSA) is 20.3 Å². The number of carbonyl (C=O) groups is 1. The van der Waals surface area contributed by atoms with Gasteiger partial charge in [0.05, 0.1) is 12.6 Å². The van der Waals surface area contributed by atoms with Gasteiger partial charge in [-0.25, -0.2) is 0 Å². The molecule has 3 rings (SSSR count). The van der Waals surface area contributed by atoms with E-state index in [9.17, 15) is 4.79 Å². The maximum absolute atomic E-state index is 11.7. The molecule has 0 saturated heterocycles. The zero-order valence-corrected chi connectivity index (χ0v) is 13.3. The van der Waals surface area contributed by atoms with E-state index in [1.165, 1.54) is 11.1 Å². The maximum Gasteiger partial charge on any atom is 0.149 e. The lowest BCUT2D eigenvalue weighted by molar-refractivity contribution is -0.117. The summed E-state index contributed by atoms with van der Waals surface area (Å²) in [5.41, 5.74) is 2.52. The number of benzene rings is 2. The molecule has 1 unspecified atom stereocenters. The third-order valence-corrected chi connectivity index (χ3v) is 4.14. The molecule has 1 aliphatic heterocycles. The van der Waals surface area contributed by atoms with Crippen LogP contribution in [-0.4, -0.2) is 23.3 Å². The quantitative estimate of drug-likeness (QED) is 0.826. The third kappa shape index (κ3) is 3.59. The molecule has 2 aromatic carbocycles. The summed E-state index contributed by atoms with van der Waals surface area (Å²) in [6, 6.07) is 21.1. The van der Waals surface area contributed by atoms with Crippen molar-refractivity contribution in [2.24, 2.45) is 0 Å². The van der Waals surface area contributed by atoms with Crippen molar-refractivity contribution in [1.82, 2.24) is 4.90 Å². The van der Waals surface area contributed by atoms with Gasteiger partial charge in [-0.05, 0) is 24.1 Å². The second-order valence-corrected chi connectivity index (χ2v) is 5.89. The van der Waals surface area contributed by atoms with Crippen molar-refractivity contribution in [3.63, 3.8) is 0 Å². The Labute approximate surface area is 137 Å². The normalized spacial score (nSPS) is 16.8. The molecule has 116 valence electrons. The zero-order chi connectivity index (χ0) is 16.1. The van der Waals surface area contributed by atoms with Crippen molar-refractivity contribution in [2.45, 2.75) is 18.9 Å². The first-order valence-electron chi connectivity index (χ1n) is 7.96. The summed E-state index contributed by atoms with van der Waals surface area (Å²) in [7, 11) is 0. The van der Waals surface area contributed by atoms with E-state index in [0.29, 0.717) is 6.54 Å². The van der Waals surface area contributed by atoms with Crippen LogP contribution >= 0.6 is 0 Å². The summed E-state index contributed by atoms with van der Waals surface area (Å²) >= 11 is 0. The van der Waals surface area contributed by atoms with Crippen LogP contribution in [0.5, 0.6) is 0 Å².